The van der Waals surface area contributed by atoms with Gasteiger partial charge in [0.05, 0.1) is 0 Å². The normalized spacial score (nSPS) is 10.8. The van der Waals surface area contributed by atoms with Gasteiger partial charge in [-0.15, -0.1) is 0 Å². The summed E-state index contributed by atoms with van der Waals surface area (Å²) in [6.07, 6.45) is 0. The number of rotatable bonds is 3. The first-order valence-electron chi connectivity index (χ1n) is 5.35. The number of nitrogen functional groups attached to an aromatic ring is 1. The zero-order chi connectivity index (χ0) is 13.2. The molecule has 0 aliphatic carbocycles. The van der Waals surface area contributed by atoms with Crippen LogP contribution in [0, 0.1) is 0 Å². The summed E-state index contributed by atoms with van der Waals surface area (Å²) in [5, 5.41) is 0. The maximum atomic E-state index is 11.0. The number of benzene rings is 2. The molecule has 0 fully saturated rings. The Morgan fingerprint density at radius 2 is 1.47 bits per heavy atom. The summed E-state index contributed by atoms with van der Waals surface area (Å²) in [7, 11) is -4.06. The van der Waals surface area contributed by atoms with Crippen LogP contribution >= 0.6 is 0 Å². The zero-order valence-electron chi connectivity index (χ0n) is 9.89. The summed E-state index contributed by atoms with van der Waals surface area (Å²) in [5.41, 5.74) is 8.45. The molecule has 0 unspecified atom stereocenters. The van der Waals surface area contributed by atoms with Crippen LogP contribution in [0.25, 0.3) is 11.1 Å². The second-order valence-corrected chi connectivity index (χ2v) is 5.42. The Labute approximate surface area is 126 Å². The number of hydrogen-bond donors (Lipinski definition) is 2. The molecule has 0 amide bonds. The van der Waals surface area contributed by atoms with Crippen LogP contribution in [0.1, 0.15) is 5.56 Å². The summed E-state index contributed by atoms with van der Waals surface area (Å²) in [6, 6.07) is 14.2. The number of hydrogen-bond acceptors (Lipinski definition) is 3. The molecule has 3 N–H and O–H groups in total. The predicted molar refractivity (Wildman–Crippen MR) is 71.5 cm³/mol. The summed E-state index contributed by atoms with van der Waals surface area (Å²) >= 11 is 0. The molecule has 2 aromatic rings. The third-order valence-electron chi connectivity index (χ3n) is 2.61. The molecular weight excluding hydrogens is 357 g/mol. The van der Waals surface area contributed by atoms with Crippen LogP contribution in [0.2, 0.25) is 0 Å². The van der Waals surface area contributed by atoms with Gasteiger partial charge >= 0.3 is 20.4 Å². The van der Waals surface area contributed by atoms with Crippen molar-refractivity contribution in [2.75, 3.05) is 5.73 Å². The van der Waals surface area contributed by atoms with Crippen LogP contribution in [0.5, 0.6) is 0 Å². The van der Waals surface area contributed by atoms with E-state index in [4.69, 9.17) is 10.3 Å². The van der Waals surface area contributed by atoms with Crippen molar-refractivity contribution < 1.29 is 33.4 Å². The molecule has 0 aliphatic rings. The van der Waals surface area contributed by atoms with E-state index in [1.807, 2.05) is 18.2 Å². The predicted octanol–water partition coefficient (Wildman–Crippen LogP) is 2.32. The second-order valence-electron chi connectivity index (χ2n) is 3.97. The molecule has 0 bridgehead atoms. The van der Waals surface area contributed by atoms with Crippen molar-refractivity contribution >= 4 is 15.8 Å². The Balaban J connectivity index is 0.00000180. The Morgan fingerprint density at radius 1 is 0.947 bits per heavy atom. The van der Waals surface area contributed by atoms with Crippen molar-refractivity contribution in [2.24, 2.45) is 0 Å². The molecule has 0 aliphatic heterocycles. The average molecular weight is 370 g/mol. The Kier molecular flexibility index (Phi) is 5.27. The Morgan fingerprint density at radius 3 is 2.05 bits per heavy atom. The van der Waals surface area contributed by atoms with Gasteiger partial charge in [-0.2, -0.15) is 8.42 Å². The van der Waals surface area contributed by atoms with Gasteiger partial charge in [-0.3, -0.25) is 4.55 Å². The molecule has 0 spiro atoms. The van der Waals surface area contributed by atoms with Gasteiger partial charge in [0.1, 0.15) is 5.75 Å². The first kappa shape index (κ1) is 15.9. The molecule has 0 radical (unpaired) electrons. The largest absolute Gasteiger partial charge is 2.00 e. The van der Waals surface area contributed by atoms with E-state index in [1.165, 1.54) is 0 Å². The maximum Gasteiger partial charge on any atom is 2.00 e. The van der Waals surface area contributed by atoms with Crippen molar-refractivity contribution in [3.8, 4) is 11.1 Å². The quantitative estimate of drug-likeness (QED) is 0.494. The van der Waals surface area contributed by atoms with E-state index in [-0.39, 0.29) is 20.4 Å². The van der Waals surface area contributed by atoms with Crippen LogP contribution in [-0.2, 0) is 36.3 Å². The van der Waals surface area contributed by atoms with Crippen LogP contribution in [0.4, 0.5) is 5.69 Å². The van der Waals surface area contributed by atoms with Gasteiger partial charge in [0.2, 0.25) is 0 Å². The second kappa shape index (κ2) is 6.31. The fraction of sp³-hybridized carbons (Fsp3) is 0.0769. The van der Waals surface area contributed by atoms with Crippen LogP contribution < -0.4 is 5.73 Å². The minimum Gasteiger partial charge on any atom is -0.398 e. The van der Waals surface area contributed by atoms with Gasteiger partial charge in [0, 0.05) is 11.3 Å². The van der Waals surface area contributed by atoms with Crippen molar-refractivity contribution in [2.45, 2.75) is 5.75 Å². The minimum absolute atomic E-state index is 0. The van der Waals surface area contributed by atoms with Crippen LogP contribution in [-0.4, -0.2) is 13.0 Å². The van der Waals surface area contributed by atoms with E-state index < -0.39 is 15.9 Å². The first-order chi connectivity index (χ1) is 8.47. The van der Waals surface area contributed by atoms with E-state index in [9.17, 15) is 8.42 Å². The monoisotopic (exact) mass is 369 g/mol. The van der Waals surface area contributed by atoms with E-state index >= 15 is 0 Å². The Bertz CT molecular complexity index is 671. The maximum absolute atomic E-state index is 11.0. The van der Waals surface area contributed by atoms with Gasteiger partial charge in [-0.25, -0.2) is 0 Å². The van der Waals surface area contributed by atoms with E-state index in [1.54, 1.807) is 30.3 Å². The van der Waals surface area contributed by atoms with Crippen molar-refractivity contribution in [3.05, 3.63) is 54.1 Å². The fourth-order valence-corrected chi connectivity index (χ4v) is 2.49. The first-order valence-corrected chi connectivity index (χ1v) is 6.96. The molecule has 2 aromatic carbocycles. The molecule has 0 aromatic heterocycles. The molecule has 0 atom stereocenters. The minimum atomic E-state index is -4.06. The molecule has 0 saturated carbocycles. The molecule has 2 rings (SSSR count). The van der Waals surface area contributed by atoms with Gasteiger partial charge in [-0.05, 0) is 17.2 Å². The van der Waals surface area contributed by atoms with E-state index in [2.05, 4.69) is 0 Å². The fourth-order valence-electron chi connectivity index (χ4n) is 1.85. The van der Waals surface area contributed by atoms with Crippen molar-refractivity contribution in [1.29, 1.82) is 0 Å². The van der Waals surface area contributed by atoms with Gasteiger partial charge in [-0.1, -0.05) is 42.5 Å². The summed E-state index contributed by atoms with van der Waals surface area (Å²) in [4.78, 5) is 0. The molecule has 6 heteroatoms. The molecule has 4 nitrogen and oxygen atoms in total. The third-order valence-corrected chi connectivity index (χ3v) is 3.28. The summed E-state index contributed by atoms with van der Waals surface area (Å²) < 4.78 is 30.9. The van der Waals surface area contributed by atoms with Crippen LogP contribution in [0.15, 0.2) is 48.5 Å². The molecule has 0 heterocycles. The van der Waals surface area contributed by atoms with E-state index in [0.717, 1.165) is 5.56 Å². The smallest absolute Gasteiger partial charge is 0.398 e. The molecule has 0 saturated heterocycles. The molecule has 102 valence electrons. The number of anilines is 1. The topological polar surface area (TPSA) is 80.4 Å². The Hall–Kier alpha value is -1.19. The number of nitrogens with two attached hydrogens (primary N) is 1. The van der Waals surface area contributed by atoms with Gasteiger partial charge in [0.25, 0.3) is 10.1 Å². The van der Waals surface area contributed by atoms with Crippen molar-refractivity contribution in [3.63, 3.8) is 0 Å². The zero-order valence-corrected chi connectivity index (χ0v) is 12.3. The third kappa shape index (κ3) is 4.15. The van der Waals surface area contributed by atoms with Gasteiger partial charge in [0.15, 0.2) is 0 Å². The summed E-state index contributed by atoms with van der Waals surface area (Å²) in [6.45, 7) is 0. The van der Waals surface area contributed by atoms with Crippen LogP contribution in [0.3, 0.4) is 0 Å². The molecule has 19 heavy (non-hydrogen) atoms. The average Bonchev–Trinajstić information content (AvgIpc) is 2.29. The standard InChI is InChI=1S/C13H13NO3S.Pd/c14-13-8-4-3-7-12(13)11-6-2-1-5-10(11)9-18(15,16)17;/h1-8H,9,14H2,(H,15,16,17);/q;+2. The SMILES string of the molecule is Nc1ccccc1-c1ccccc1CS(=O)(=O)O.[Pd+2]. The summed E-state index contributed by atoms with van der Waals surface area (Å²) in [5.74, 6) is -0.419. The number of para-hydroxylation sites is 1. The van der Waals surface area contributed by atoms with E-state index in [0.29, 0.717) is 16.8 Å². The molecular formula is C13H13NO3PdS+2. The van der Waals surface area contributed by atoms with Gasteiger partial charge < -0.3 is 5.73 Å². The van der Waals surface area contributed by atoms with Crippen molar-refractivity contribution in [1.82, 2.24) is 0 Å².